The van der Waals surface area contributed by atoms with Gasteiger partial charge in [0.2, 0.25) is 0 Å². The van der Waals surface area contributed by atoms with Crippen LogP contribution in [0.2, 0.25) is 0 Å². The Kier molecular flexibility index (Phi) is 7.96. The second-order valence-corrected chi connectivity index (χ2v) is 7.72. The normalized spacial score (nSPS) is 10.9. The van der Waals surface area contributed by atoms with Crippen LogP contribution in [0, 0.1) is 0 Å². The number of ether oxygens (including phenoxy) is 3. The number of hydrazone groups is 1. The highest BCUT2D eigenvalue weighted by Crippen LogP contribution is 2.28. The van der Waals surface area contributed by atoms with Crippen LogP contribution in [-0.4, -0.2) is 25.3 Å². The lowest BCUT2D eigenvalue weighted by Crippen LogP contribution is -2.17. The Balaban J connectivity index is 1.34. The maximum atomic E-state index is 12.5. The summed E-state index contributed by atoms with van der Waals surface area (Å²) in [5.41, 5.74) is 4.96. The molecule has 0 aromatic heterocycles. The molecular formula is C29H28N2O4. The third-order valence-corrected chi connectivity index (χ3v) is 5.34. The van der Waals surface area contributed by atoms with Gasteiger partial charge in [-0.05, 0) is 78.2 Å². The largest absolute Gasteiger partial charge is 0.490 e. The fourth-order valence-corrected chi connectivity index (χ4v) is 3.65. The van der Waals surface area contributed by atoms with Crippen LogP contribution in [0.3, 0.4) is 0 Å². The van der Waals surface area contributed by atoms with E-state index in [1.54, 1.807) is 24.4 Å². The highest BCUT2D eigenvalue weighted by Gasteiger charge is 2.11. The number of fused-ring (bicyclic) bond motifs is 1. The Labute approximate surface area is 205 Å². The number of nitrogens with one attached hydrogen (secondary N) is 1. The topological polar surface area (TPSA) is 69.2 Å². The number of rotatable bonds is 10. The van der Waals surface area contributed by atoms with Gasteiger partial charge in [-0.15, -0.1) is 0 Å². The molecule has 0 saturated carbocycles. The molecule has 178 valence electrons. The lowest BCUT2D eigenvalue weighted by atomic mass is 10.1. The van der Waals surface area contributed by atoms with Crippen molar-refractivity contribution < 1.29 is 19.0 Å². The second kappa shape index (κ2) is 11.7. The summed E-state index contributed by atoms with van der Waals surface area (Å²) in [4.78, 5) is 12.5. The smallest absolute Gasteiger partial charge is 0.271 e. The summed E-state index contributed by atoms with van der Waals surface area (Å²) in [6.45, 7) is 5.26. The highest BCUT2D eigenvalue weighted by molar-refractivity contribution is 5.95. The molecule has 0 unspecified atom stereocenters. The van der Waals surface area contributed by atoms with Gasteiger partial charge in [0, 0.05) is 5.56 Å². The fraction of sp³-hybridized carbons (Fsp3) is 0.172. The van der Waals surface area contributed by atoms with Crippen LogP contribution >= 0.6 is 0 Å². The Morgan fingerprint density at radius 2 is 1.57 bits per heavy atom. The molecule has 4 aromatic carbocycles. The third kappa shape index (κ3) is 6.18. The monoisotopic (exact) mass is 468 g/mol. The van der Waals surface area contributed by atoms with Crippen LogP contribution in [0.15, 0.2) is 90.0 Å². The lowest BCUT2D eigenvalue weighted by Gasteiger charge is -2.11. The zero-order valence-corrected chi connectivity index (χ0v) is 19.9. The number of hydrogen-bond acceptors (Lipinski definition) is 5. The van der Waals surface area contributed by atoms with E-state index in [0.29, 0.717) is 36.9 Å². The molecule has 0 radical (unpaired) electrons. The van der Waals surface area contributed by atoms with Crippen molar-refractivity contribution in [2.45, 2.75) is 20.5 Å². The van der Waals surface area contributed by atoms with E-state index >= 15 is 0 Å². The minimum absolute atomic E-state index is 0.333. The molecule has 0 heterocycles. The minimum atomic E-state index is -0.333. The molecule has 0 spiro atoms. The fourth-order valence-electron chi connectivity index (χ4n) is 3.65. The van der Waals surface area contributed by atoms with Crippen LogP contribution in [0.1, 0.15) is 35.3 Å². The van der Waals surface area contributed by atoms with Crippen LogP contribution in [0.25, 0.3) is 10.8 Å². The number of benzene rings is 4. The SMILES string of the molecule is CCOc1ccc(C(=O)N/N=C/c2ccc(OCc3cccc4ccccc34)cc2)cc1OCC. The van der Waals surface area contributed by atoms with Crippen LogP contribution in [0.4, 0.5) is 0 Å². The second-order valence-electron chi connectivity index (χ2n) is 7.72. The Hall–Kier alpha value is -4.32. The van der Waals surface area contributed by atoms with Crippen LogP contribution in [0.5, 0.6) is 17.2 Å². The van der Waals surface area contributed by atoms with Gasteiger partial charge in [0.25, 0.3) is 5.91 Å². The van der Waals surface area contributed by atoms with Gasteiger partial charge in [-0.2, -0.15) is 5.10 Å². The van der Waals surface area contributed by atoms with Crippen molar-refractivity contribution in [3.8, 4) is 17.2 Å². The van der Waals surface area contributed by atoms with Crippen molar-refractivity contribution in [2.24, 2.45) is 5.10 Å². The molecule has 6 heteroatoms. The summed E-state index contributed by atoms with van der Waals surface area (Å²) in [6, 6.07) is 27.1. The van der Waals surface area contributed by atoms with Crippen molar-refractivity contribution in [1.29, 1.82) is 0 Å². The quantitative estimate of drug-likeness (QED) is 0.230. The number of carbonyl (C=O) groups excluding carboxylic acids is 1. The van der Waals surface area contributed by atoms with Crippen LogP contribution in [-0.2, 0) is 6.61 Å². The Morgan fingerprint density at radius 3 is 2.37 bits per heavy atom. The molecule has 0 atom stereocenters. The van der Waals surface area contributed by atoms with Gasteiger partial charge < -0.3 is 14.2 Å². The molecule has 0 aliphatic heterocycles. The summed E-state index contributed by atoms with van der Waals surface area (Å²) in [7, 11) is 0. The minimum Gasteiger partial charge on any atom is -0.490 e. The highest BCUT2D eigenvalue weighted by atomic mass is 16.5. The maximum absolute atomic E-state index is 12.5. The van der Waals surface area contributed by atoms with E-state index in [4.69, 9.17) is 14.2 Å². The van der Waals surface area contributed by atoms with Crippen molar-refractivity contribution in [2.75, 3.05) is 13.2 Å². The van der Waals surface area contributed by atoms with Crippen LogP contribution < -0.4 is 19.6 Å². The van der Waals surface area contributed by atoms with E-state index in [1.165, 1.54) is 10.8 Å². The molecule has 1 amide bonds. The van der Waals surface area contributed by atoms with Crippen molar-refractivity contribution in [3.63, 3.8) is 0 Å². The van der Waals surface area contributed by atoms with Gasteiger partial charge in [0.15, 0.2) is 11.5 Å². The van der Waals surface area contributed by atoms with Gasteiger partial charge in [-0.3, -0.25) is 4.79 Å². The zero-order chi connectivity index (χ0) is 24.5. The van der Waals surface area contributed by atoms with Crippen molar-refractivity contribution >= 4 is 22.9 Å². The molecule has 0 bridgehead atoms. The molecule has 1 N–H and O–H groups in total. The van der Waals surface area contributed by atoms with E-state index < -0.39 is 0 Å². The molecule has 6 nitrogen and oxygen atoms in total. The van der Waals surface area contributed by atoms with E-state index in [1.807, 2.05) is 56.3 Å². The molecule has 0 aliphatic rings. The molecular weight excluding hydrogens is 440 g/mol. The Bertz CT molecular complexity index is 1310. The van der Waals surface area contributed by atoms with E-state index in [-0.39, 0.29) is 5.91 Å². The number of carbonyl (C=O) groups is 1. The van der Waals surface area contributed by atoms with Crippen molar-refractivity contribution in [3.05, 3.63) is 102 Å². The predicted molar refractivity (Wildman–Crippen MR) is 139 cm³/mol. The average molecular weight is 469 g/mol. The van der Waals surface area contributed by atoms with Crippen molar-refractivity contribution in [1.82, 2.24) is 5.43 Å². The summed E-state index contributed by atoms with van der Waals surface area (Å²) < 4.78 is 17.1. The Morgan fingerprint density at radius 1 is 0.829 bits per heavy atom. The van der Waals surface area contributed by atoms with Gasteiger partial charge in [-0.25, -0.2) is 5.43 Å². The van der Waals surface area contributed by atoms with E-state index in [0.717, 1.165) is 16.9 Å². The predicted octanol–water partition coefficient (Wildman–Crippen LogP) is 5.98. The first kappa shape index (κ1) is 23.8. The standard InChI is InChI=1S/C29H28N2O4/c1-3-33-27-17-14-23(18-28(27)34-4-2)29(32)31-30-19-21-12-15-25(16-13-21)35-20-24-10-7-9-22-8-5-6-11-26(22)24/h5-19H,3-4,20H2,1-2H3,(H,31,32)/b30-19+. The summed E-state index contributed by atoms with van der Waals surface area (Å²) >= 11 is 0. The van der Waals surface area contributed by atoms with Gasteiger partial charge in [0.1, 0.15) is 12.4 Å². The first-order valence-corrected chi connectivity index (χ1v) is 11.6. The van der Waals surface area contributed by atoms with Gasteiger partial charge >= 0.3 is 0 Å². The molecule has 35 heavy (non-hydrogen) atoms. The summed E-state index contributed by atoms with van der Waals surface area (Å²) in [5, 5.41) is 6.46. The molecule has 0 saturated heterocycles. The summed E-state index contributed by atoms with van der Waals surface area (Å²) in [5.74, 6) is 1.57. The first-order valence-electron chi connectivity index (χ1n) is 11.6. The number of nitrogens with zero attached hydrogens (tertiary/aromatic N) is 1. The molecule has 4 aromatic rings. The molecule has 4 rings (SSSR count). The maximum Gasteiger partial charge on any atom is 0.271 e. The molecule has 0 aliphatic carbocycles. The first-order chi connectivity index (χ1) is 17.2. The van der Waals surface area contributed by atoms with E-state index in [9.17, 15) is 4.79 Å². The number of hydrogen-bond donors (Lipinski definition) is 1. The van der Waals surface area contributed by atoms with E-state index in [2.05, 4.69) is 34.8 Å². The van der Waals surface area contributed by atoms with Gasteiger partial charge in [0.05, 0.1) is 19.4 Å². The summed E-state index contributed by atoms with van der Waals surface area (Å²) in [6.07, 6.45) is 1.59. The lowest BCUT2D eigenvalue weighted by molar-refractivity contribution is 0.0954. The average Bonchev–Trinajstić information content (AvgIpc) is 2.89. The zero-order valence-electron chi connectivity index (χ0n) is 19.9. The molecule has 0 fully saturated rings. The number of amides is 1. The third-order valence-electron chi connectivity index (χ3n) is 5.34. The van der Waals surface area contributed by atoms with Gasteiger partial charge in [-0.1, -0.05) is 42.5 Å².